The van der Waals surface area contributed by atoms with Gasteiger partial charge in [0.2, 0.25) is 0 Å². The number of piperidine rings is 1. The van der Waals surface area contributed by atoms with Gasteiger partial charge in [-0.2, -0.15) is 0 Å². The van der Waals surface area contributed by atoms with Gasteiger partial charge in [0.1, 0.15) is 0 Å². The molecule has 1 aromatic rings. The third-order valence-corrected chi connectivity index (χ3v) is 5.85. The molecule has 2 fully saturated rings. The number of nitrogens with zero attached hydrogens (tertiary/aromatic N) is 3. The Kier molecular flexibility index (Phi) is 4.82. The van der Waals surface area contributed by atoms with E-state index < -0.39 is 0 Å². The first-order valence-electron chi connectivity index (χ1n) is 8.30. The summed E-state index contributed by atoms with van der Waals surface area (Å²) in [7, 11) is 4.39. The number of hydrogen-bond donors (Lipinski definition) is 1. The second-order valence-electron chi connectivity index (χ2n) is 6.56. The van der Waals surface area contributed by atoms with Crippen LogP contribution in [0.1, 0.15) is 43.2 Å². The van der Waals surface area contributed by atoms with Crippen LogP contribution in [-0.4, -0.2) is 49.2 Å². The van der Waals surface area contributed by atoms with Gasteiger partial charge in [-0.15, -0.1) is 11.3 Å². The van der Waals surface area contributed by atoms with Crippen molar-refractivity contribution in [1.29, 1.82) is 0 Å². The zero-order chi connectivity index (χ0) is 14.8. The van der Waals surface area contributed by atoms with Gasteiger partial charge in [0.15, 0.2) is 5.13 Å². The summed E-state index contributed by atoms with van der Waals surface area (Å²) in [6.07, 6.45) is 6.26. The summed E-state index contributed by atoms with van der Waals surface area (Å²) in [6.45, 7) is 5.53. The van der Waals surface area contributed by atoms with E-state index in [-0.39, 0.29) is 0 Å². The van der Waals surface area contributed by atoms with E-state index in [1.807, 2.05) is 11.3 Å². The maximum absolute atomic E-state index is 4.91. The molecule has 5 heteroatoms. The molecule has 1 aliphatic carbocycles. The topological polar surface area (TPSA) is 31.4 Å². The highest BCUT2D eigenvalue weighted by molar-refractivity contribution is 7.15. The van der Waals surface area contributed by atoms with Crippen molar-refractivity contribution in [2.75, 3.05) is 32.1 Å². The van der Waals surface area contributed by atoms with Gasteiger partial charge < -0.3 is 15.1 Å². The second-order valence-corrected chi connectivity index (χ2v) is 7.62. The van der Waals surface area contributed by atoms with Crippen molar-refractivity contribution in [2.24, 2.45) is 0 Å². The number of rotatable bonds is 6. The Morgan fingerprint density at radius 2 is 1.95 bits per heavy atom. The molecular weight excluding hydrogens is 280 g/mol. The minimum absolute atomic E-state index is 0.739. The number of thiazole rings is 1. The fraction of sp³-hybridized carbons (Fsp3) is 0.812. The highest BCUT2D eigenvalue weighted by Gasteiger charge is 2.25. The van der Waals surface area contributed by atoms with Crippen molar-refractivity contribution < 1.29 is 0 Å². The van der Waals surface area contributed by atoms with Crippen LogP contribution in [0.3, 0.4) is 0 Å². The number of hydrogen-bond acceptors (Lipinski definition) is 5. The molecule has 0 radical (unpaired) electrons. The molecule has 0 amide bonds. The van der Waals surface area contributed by atoms with E-state index in [9.17, 15) is 0 Å². The second kappa shape index (κ2) is 6.63. The first-order valence-corrected chi connectivity index (χ1v) is 9.12. The summed E-state index contributed by atoms with van der Waals surface area (Å²) in [4.78, 5) is 11.2. The third-order valence-electron chi connectivity index (χ3n) is 4.70. The molecule has 0 aromatic carbocycles. The van der Waals surface area contributed by atoms with E-state index in [0.717, 1.165) is 38.1 Å². The predicted octanol–water partition coefficient (Wildman–Crippen LogP) is 2.49. The molecule has 0 unspecified atom stereocenters. The molecule has 118 valence electrons. The molecule has 1 N–H and O–H groups in total. The number of anilines is 1. The van der Waals surface area contributed by atoms with Crippen LogP contribution in [0.5, 0.6) is 0 Å². The zero-order valence-electron chi connectivity index (χ0n) is 13.6. The van der Waals surface area contributed by atoms with E-state index in [0.29, 0.717) is 0 Å². The summed E-state index contributed by atoms with van der Waals surface area (Å²) in [5.41, 5.74) is 1.30. The Bertz CT molecular complexity index is 459. The molecule has 0 spiro atoms. The largest absolute Gasteiger partial charge is 0.348 e. The molecule has 21 heavy (non-hydrogen) atoms. The van der Waals surface area contributed by atoms with Gasteiger partial charge in [-0.3, -0.25) is 0 Å². The molecule has 0 atom stereocenters. The molecule has 2 aliphatic rings. The summed E-state index contributed by atoms with van der Waals surface area (Å²) >= 11 is 1.91. The van der Waals surface area contributed by atoms with Crippen LogP contribution in [0.4, 0.5) is 5.13 Å². The van der Waals surface area contributed by atoms with Crippen molar-refractivity contribution in [3.8, 4) is 0 Å². The molecular formula is C16H28N4S. The van der Waals surface area contributed by atoms with Crippen molar-refractivity contribution in [3.63, 3.8) is 0 Å². The fourth-order valence-corrected chi connectivity index (χ4v) is 4.17. The predicted molar refractivity (Wildman–Crippen MR) is 90.3 cm³/mol. The Balaban J connectivity index is 1.62. The van der Waals surface area contributed by atoms with E-state index in [1.54, 1.807) is 0 Å². The van der Waals surface area contributed by atoms with Gasteiger partial charge in [0, 0.05) is 36.6 Å². The Morgan fingerprint density at radius 3 is 2.52 bits per heavy atom. The van der Waals surface area contributed by atoms with E-state index in [4.69, 9.17) is 4.98 Å². The normalized spacial score (nSPS) is 20.5. The number of aryl methyl sites for hydroxylation is 1. The molecule has 0 bridgehead atoms. The molecule has 1 aliphatic heterocycles. The van der Waals surface area contributed by atoms with Gasteiger partial charge in [-0.05, 0) is 46.2 Å². The molecule has 3 rings (SSSR count). The van der Waals surface area contributed by atoms with Crippen molar-refractivity contribution in [3.05, 3.63) is 10.6 Å². The lowest BCUT2D eigenvalue weighted by Crippen LogP contribution is -2.41. The lowest BCUT2D eigenvalue weighted by atomic mass is 10.0. The van der Waals surface area contributed by atoms with Gasteiger partial charge in [0.05, 0.1) is 5.69 Å². The zero-order valence-corrected chi connectivity index (χ0v) is 14.4. The van der Waals surface area contributed by atoms with Crippen LogP contribution in [0, 0.1) is 0 Å². The average Bonchev–Trinajstić information content (AvgIpc) is 3.23. The van der Waals surface area contributed by atoms with Crippen LogP contribution in [0.2, 0.25) is 0 Å². The minimum Gasteiger partial charge on any atom is -0.348 e. The average molecular weight is 308 g/mol. The lowest BCUT2D eigenvalue weighted by molar-refractivity contribution is 0.249. The summed E-state index contributed by atoms with van der Waals surface area (Å²) < 4.78 is 0. The fourth-order valence-electron chi connectivity index (χ4n) is 3.02. The van der Waals surface area contributed by atoms with Crippen LogP contribution >= 0.6 is 11.3 Å². The van der Waals surface area contributed by atoms with Crippen molar-refractivity contribution >= 4 is 16.5 Å². The molecule has 1 aromatic heterocycles. The van der Waals surface area contributed by atoms with Gasteiger partial charge >= 0.3 is 0 Å². The van der Waals surface area contributed by atoms with Gasteiger partial charge in [-0.1, -0.05) is 6.92 Å². The van der Waals surface area contributed by atoms with E-state index >= 15 is 0 Å². The molecule has 4 nitrogen and oxygen atoms in total. The number of aromatic nitrogens is 1. The Hall–Kier alpha value is -0.650. The summed E-state index contributed by atoms with van der Waals surface area (Å²) in [5, 5.41) is 4.88. The van der Waals surface area contributed by atoms with Crippen LogP contribution in [0.15, 0.2) is 0 Å². The molecule has 1 saturated heterocycles. The van der Waals surface area contributed by atoms with Gasteiger partial charge in [0.25, 0.3) is 0 Å². The summed E-state index contributed by atoms with van der Waals surface area (Å²) in [5.74, 6) is 0. The monoisotopic (exact) mass is 308 g/mol. The van der Waals surface area contributed by atoms with E-state index in [2.05, 4.69) is 36.1 Å². The third kappa shape index (κ3) is 3.76. The lowest BCUT2D eigenvalue weighted by Gasteiger charge is -2.35. The first-order chi connectivity index (χ1) is 10.2. The molecule has 2 heterocycles. The SMILES string of the molecule is CCc1nc(N2CCC(N(C)C)CC2)sc1CNC1CC1. The van der Waals surface area contributed by atoms with Crippen molar-refractivity contribution in [1.82, 2.24) is 15.2 Å². The van der Waals surface area contributed by atoms with Crippen molar-refractivity contribution in [2.45, 2.75) is 57.7 Å². The highest BCUT2D eigenvalue weighted by atomic mass is 32.1. The minimum atomic E-state index is 0.739. The quantitative estimate of drug-likeness (QED) is 0.875. The highest BCUT2D eigenvalue weighted by Crippen LogP contribution is 2.30. The first kappa shape index (κ1) is 15.3. The Labute approximate surface area is 132 Å². The summed E-state index contributed by atoms with van der Waals surface area (Å²) in [6, 6.07) is 1.51. The van der Waals surface area contributed by atoms with Crippen LogP contribution < -0.4 is 10.2 Å². The van der Waals surface area contributed by atoms with Crippen LogP contribution in [-0.2, 0) is 13.0 Å². The van der Waals surface area contributed by atoms with Crippen LogP contribution in [0.25, 0.3) is 0 Å². The maximum Gasteiger partial charge on any atom is 0.185 e. The van der Waals surface area contributed by atoms with Gasteiger partial charge in [-0.25, -0.2) is 4.98 Å². The number of nitrogens with one attached hydrogen (secondary N) is 1. The van der Waals surface area contributed by atoms with E-state index in [1.165, 1.54) is 41.4 Å². The smallest absolute Gasteiger partial charge is 0.185 e. The molecule has 1 saturated carbocycles. The standard InChI is InChI=1S/C16H28N4S/c1-4-14-15(11-17-12-5-6-12)21-16(18-14)20-9-7-13(8-10-20)19(2)3/h12-13,17H,4-11H2,1-3H3. The Morgan fingerprint density at radius 1 is 1.24 bits per heavy atom. The maximum atomic E-state index is 4.91.